The van der Waals surface area contributed by atoms with Crippen LogP contribution in [0.4, 0.5) is 0 Å². The van der Waals surface area contributed by atoms with Crippen LogP contribution in [0.1, 0.15) is 33.9 Å². The predicted octanol–water partition coefficient (Wildman–Crippen LogP) is 5.12. The molecule has 2 N–H and O–H groups in total. The van der Waals surface area contributed by atoms with Gasteiger partial charge in [0.25, 0.3) is 5.91 Å². The van der Waals surface area contributed by atoms with Gasteiger partial charge in [-0.15, -0.1) is 0 Å². The largest absolute Gasteiger partial charge is 0.508 e. The predicted molar refractivity (Wildman–Crippen MR) is 109 cm³/mol. The van der Waals surface area contributed by atoms with E-state index in [1.54, 1.807) is 12.3 Å². The zero-order valence-corrected chi connectivity index (χ0v) is 16.8. The summed E-state index contributed by atoms with van der Waals surface area (Å²) in [5.74, 6) is 0.193. The third kappa shape index (κ3) is 3.87. The number of carbonyl (C=O) groups is 1. The number of rotatable bonds is 4. The van der Waals surface area contributed by atoms with Crippen molar-refractivity contribution in [2.24, 2.45) is 0 Å². The highest BCUT2D eigenvalue weighted by molar-refractivity contribution is 9.10. The quantitative estimate of drug-likeness (QED) is 0.590. The number of fused-ring (bicyclic) bond motifs is 1. The number of nitrogens with one attached hydrogen (secondary N) is 1. The lowest BCUT2D eigenvalue weighted by atomic mass is 10.1. The van der Waals surface area contributed by atoms with E-state index in [0.29, 0.717) is 11.3 Å². The Bertz CT molecular complexity index is 992. The molecule has 1 aromatic heterocycles. The van der Waals surface area contributed by atoms with Gasteiger partial charge in [-0.2, -0.15) is 0 Å². The van der Waals surface area contributed by atoms with E-state index in [2.05, 4.69) is 26.2 Å². The number of carbonyl (C=O) groups excluding carboxylic acids is 1. The number of amides is 1. The summed E-state index contributed by atoms with van der Waals surface area (Å²) in [5.41, 5.74) is 2.56. The van der Waals surface area contributed by atoms with E-state index in [1.165, 1.54) is 11.8 Å². The number of aromatic nitrogens is 1. The number of nitrogens with zero attached hydrogens (tertiary/aromatic N) is 1. The number of pyridine rings is 1. The summed E-state index contributed by atoms with van der Waals surface area (Å²) in [6, 6.07) is 16.8. The van der Waals surface area contributed by atoms with Gasteiger partial charge in [-0.3, -0.25) is 4.79 Å². The van der Waals surface area contributed by atoms with Gasteiger partial charge in [0.15, 0.2) is 0 Å². The van der Waals surface area contributed by atoms with Gasteiger partial charge < -0.3 is 10.4 Å². The first kappa shape index (κ1) is 18.1. The van der Waals surface area contributed by atoms with E-state index in [1.807, 2.05) is 48.5 Å². The fraction of sp³-hybridized carbons (Fsp3) is 0.143. The fourth-order valence-electron chi connectivity index (χ4n) is 3.30. The van der Waals surface area contributed by atoms with Gasteiger partial charge in [-0.25, -0.2) is 4.98 Å². The number of phenols is 1. The van der Waals surface area contributed by atoms with Crippen LogP contribution in [-0.4, -0.2) is 16.0 Å². The molecule has 1 amide bonds. The lowest BCUT2D eigenvalue weighted by Gasteiger charge is -2.16. The van der Waals surface area contributed by atoms with Crippen molar-refractivity contribution in [1.29, 1.82) is 0 Å². The van der Waals surface area contributed by atoms with Crippen molar-refractivity contribution in [2.45, 2.75) is 28.8 Å². The monoisotopic (exact) mass is 440 g/mol. The van der Waals surface area contributed by atoms with E-state index in [-0.39, 0.29) is 11.9 Å². The highest BCUT2D eigenvalue weighted by Crippen LogP contribution is 2.37. The minimum Gasteiger partial charge on any atom is -0.508 e. The smallest absolute Gasteiger partial charge is 0.252 e. The third-order valence-corrected chi connectivity index (χ3v) is 6.09. The molecule has 0 fully saturated rings. The van der Waals surface area contributed by atoms with Gasteiger partial charge in [-0.05, 0) is 70.2 Å². The van der Waals surface area contributed by atoms with Crippen LogP contribution < -0.4 is 5.32 Å². The van der Waals surface area contributed by atoms with E-state index >= 15 is 0 Å². The molecule has 0 radical (unpaired) electrons. The molecule has 0 bridgehead atoms. The highest BCUT2D eigenvalue weighted by Gasteiger charge is 2.26. The van der Waals surface area contributed by atoms with Crippen LogP contribution in [0.2, 0.25) is 0 Å². The van der Waals surface area contributed by atoms with Crippen molar-refractivity contribution < 1.29 is 9.90 Å². The Morgan fingerprint density at radius 2 is 2.00 bits per heavy atom. The van der Waals surface area contributed by atoms with Crippen molar-refractivity contribution in [3.05, 3.63) is 82.0 Å². The number of aromatic hydroxyl groups is 1. The Kier molecular flexibility index (Phi) is 5.18. The first-order chi connectivity index (χ1) is 13.1. The van der Waals surface area contributed by atoms with Crippen molar-refractivity contribution >= 4 is 33.6 Å². The Morgan fingerprint density at radius 3 is 2.81 bits per heavy atom. The molecule has 1 aliphatic rings. The van der Waals surface area contributed by atoms with Gasteiger partial charge in [0.2, 0.25) is 0 Å². The average Bonchev–Trinajstić information content (AvgIpc) is 3.08. The number of hydrogen-bond donors (Lipinski definition) is 2. The van der Waals surface area contributed by atoms with Crippen LogP contribution in [-0.2, 0) is 6.42 Å². The maximum Gasteiger partial charge on any atom is 0.252 e. The Balaban J connectivity index is 1.55. The van der Waals surface area contributed by atoms with Crippen LogP contribution in [0.5, 0.6) is 5.75 Å². The first-order valence-electron chi connectivity index (χ1n) is 8.62. The summed E-state index contributed by atoms with van der Waals surface area (Å²) in [5, 5.41) is 14.0. The molecule has 0 aliphatic heterocycles. The number of phenolic OH excluding ortho intramolecular Hbond substituents is 1. The highest BCUT2D eigenvalue weighted by atomic mass is 79.9. The van der Waals surface area contributed by atoms with Crippen molar-refractivity contribution in [3.8, 4) is 5.75 Å². The molecule has 0 spiro atoms. The molecule has 1 unspecified atom stereocenters. The molecule has 1 atom stereocenters. The zero-order valence-electron chi connectivity index (χ0n) is 14.4. The number of hydrogen-bond acceptors (Lipinski definition) is 4. The summed E-state index contributed by atoms with van der Waals surface area (Å²) in [6.07, 6.45) is 3.31. The summed E-state index contributed by atoms with van der Waals surface area (Å²) in [7, 11) is 0. The van der Waals surface area contributed by atoms with Crippen molar-refractivity contribution in [2.75, 3.05) is 0 Å². The van der Waals surface area contributed by atoms with Gasteiger partial charge in [0.1, 0.15) is 10.8 Å². The van der Waals surface area contributed by atoms with E-state index in [4.69, 9.17) is 0 Å². The number of halogens is 1. The molecule has 1 aliphatic carbocycles. The van der Waals surface area contributed by atoms with Crippen LogP contribution >= 0.6 is 27.7 Å². The van der Waals surface area contributed by atoms with E-state index < -0.39 is 0 Å². The minimum atomic E-state index is -0.114. The molecule has 2 aromatic carbocycles. The second kappa shape index (κ2) is 7.74. The van der Waals surface area contributed by atoms with Crippen LogP contribution in [0.15, 0.2) is 75.2 Å². The molecular weight excluding hydrogens is 424 g/mol. The SMILES string of the molecule is O=C(NC1CCc2c(O)cccc21)c1ccccc1Sc1ccc(Br)cn1. The van der Waals surface area contributed by atoms with Crippen LogP contribution in [0.3, 0.4) is 0 Å². The lowest BCUT2D eigenvalue weighted by Crippen LogP contribution is -2.27. The molecule has 27 heavy (non-hydrogen) atoms. The van der Waals surface area contributed by atoms with Crippen molar-refractivity contribution in [1.82, 2.24) is 10.3 Å². The Labute approximate surface area is 170 Å². The van der Waals surface area contributed by atoms with Crippen LogP contribution in [0, 0.1) is 0 Å². The topological polar surface area (TPSA) is 62.2 Å². The normalized spacial score (nSPS) is 15.4. The first-order valence-corrected chi connectivity index (χ1v) is 10.2. The van der Waals surface area contributed by atoms with E-state index in [0.717, 1.165) is 38.4 Å². The molecule has 4 nitrogen and oxygen atoms in total. The second-order valence-corrected chi connectivity index (χ2v) is 8.30. The molecule has 3 aromatic rings. The average molecular weight is 441 g/mol. The van der Waals surface area contributed by atoms with Crippen LogP contribution in [0.25, 0.3) is 0 Å². The van der Waals surface area contributed by atoms with Gasteiger partial charge in [0.05, 0.1) is 11.6 Å². The fourth-order valence-corrected chi connectivity index (χ4v) is 4.42. The Morgan fingerprint density at radius 1 is 1.15 bits per heavy atom. The maximum atomic E-state index is 12.9. The third-order valence-electron chi connectivity index (χ3n) is 4.60. The molecule has 1 heterocycles. The lowest BCUT2D eigenvalue weighted by molar-refractivity contribution is 0.0933. The summed E-state index contributed by atoms with van der Waals surface area (Å²) < 4.78 is 0.918. The summed E-state index contributed by atoms with van der Waals surface area (Å²) >= 11 is 4.85. The molecule has 0 saturated carbocycles. The Hall–Kier alpha value is -2.31. The van der Waals surface area contributed by atoms with Gasteiger partial charge in [0, 0.05) is 15.6 Å². The molecule has 136 valence electrons. The molecular formula is C21H17BrN2O2S. The standard InChI is InChI=1S/C21H17BrN2O2S/c22-13-8-11-20(23-12-13)27-19-7-2-1-4-16(19)21(26)24-17-10-9-15-14(17)5-3-6-18(15)25/h1-8,11-12,17,25H,9-10H2,(H,24,26). The molecule has 6 heteroatoms. The second-order valence-electron chi connectivity index (χ2n) is 6.32. The zero-order chi connectivity index (χ0) is 18.8. The van der Waals surface area contributed by atoms with Crippen molar-refractivity contribution in [3.63, 3.8) is 0 Å². The number of benzene rings is 2. The minimum absolute atomic E-state index is 0.0801. The van der Waals surface area contributed by atoms with Gasteiger partial charge >= 0.3 is 0 Å². The van der Waals surface area contributed by atoms with E-state index in [9.17, 15) is 9.90 Å². The molecule has 0 saturated heterocycles. The summed E-state index contributed by atoms with van der Waals surface area (Å²) in [6.45, 7) is 0. The maximum absolute atomic E-state index is 12.9. The molecule has 4 rings (SSSR count). The van der Waals surface area contributed by atoms with Gasteiger partial charge in [-0.1, -0.05) is 36.0 Å². The summed E-state index contributed by atoms with van der Waals surface area (Å²) in [4.78, 5) is 18.2.